The second kappa shape index (κ2) is 7.71. The molecule has 1 rings (SSSR count). The number of carbonyl (C=O) groups is 1. The van der Waals surface area contributed by atoms with Crippen LogP contribution in [0.25, 0.3) is 0 Å². The summed E-state index contributed by atoms with van der Waals surface area (Å²) < 4.78 is 0. The van der Waals surface area contributed by atoms with Gasteiger partial charge in [-0.05, 0) is 31.4 Å². The quantitative estimate of drug-likeness (QED) is 0.726. The Labute approximate surface area is 108 Å². The van der Waals surface area contributed by atoms with Crippen molar-refractivity contribution in [2.24, 2.45) is 5.92 Å². The van der Waals surface area contributed by atoms with Crippen LogP contribution in [0.3, 0.4) is 0 Å². The third kappa shape index (κ3) is 5.19. The summed E-state index contributed by atoms with van der Waals surface area (Å²) in [6.45, 7) is 4.82. The van der Waals surface area contributed by atoms with Gasteiger partial charge in [-0.1, -0.05) is 31.0 Å². The van der Waals surface area contributed by atoms with E-state index in [0.29, 0.717) is 12.5 Å². The molecule has 0 aliphatic rings. The summed E-state index contributed by atoms with van der Waals surface area (Å²) in [6, 6.07) is 7.46. The highest BCUT2D eigenvalue weighted by Gasteiger charge is 2.07. The van der Waals surface area contributed by atoms with E-state index in [0.717, 1.165) is 24.1 Å². The van der Waals surface area contributed by atoms with Crippen molar-refractivity contribution in [3.63, 3.8) is 0 Å². The molecule has 1 atom stereocenters. The molecule has 3 N–H and O–H groups in total. The predicted molar refractivity (Wildman–Crippen MR) is 73.7 cm³/mol. The van der Waals surface area contributed by atoms with Gasteiger partial charge in [0.1, 0.15) is 0 Å². The van der Waals surface area contributed by atoms with Gasteiger partial charge in [-0.15, -0.1) is 0 Å². The van der Waals surface area contributed by atoms with E-state index in [9.17, 15) is 4.79 Å². The van der Waals surface area contributed by atoms with E-state index in [4.69, 9.17) is 5.11 Å². The van der Waals surface area contributed by atoms with Crippen LogP contribution in [-0.2, 0) is 0 Å². The number of anilines is 1. The zero-order valence-electron chi connectivity index (χ0n) is 11.1. The third-order valence-corrected chi connectivity index (χ3v) is 2.98. The van der Waals surface area contributed by atoms with Crippen molar-refractivity contribution in [3.05, 3.63) is 29.8 Å². The van der Waals surface area contributed by atoms with Crippen LogP contribution in [-0.4, -0.2) is 24.3 Å². The molecule has 1 unspecified atom stereocenters. The number of nitrogens with one attached hydrogen (secondary N) is 2. The van der Waals surface area contributed by atoms with Crippen LogP contribution >= 0.6 is 0 Å². The van der Waals surface area contributed by atoms with Gasteiger partial charge < -0.3 is 15.7 Å². The maximum absolute atomic E-state index is 11.6. The maximum atomic E-state index is 11.6. The van der Waals surface area contributed by atoms with Gasteiger partial charge in [0.25, 0.3) is 0 Å². The Kier molecular flexibility index (Phi) is 6.22. The minimum atomic E-state index is -0.199. The molecule has 2 amide bonds. The van der Waals surface area contributed by atoms with Crippen LogP contribution in [0.5, 0.6) is 0 Å². The Morgan fingerprint density at radius 3 is 2.56 bits per heavy atom. The minimum absolute atomic E-state index is 0.166. The van der Waals surface area contributed by atoms with E-state index in [2.05, 4.69) is 17.6 Å². The summed E-state index contributed by atoms with van der Waals surface area (Å²) >= 11 is 0. The summed E-state index contributed by atoms with van der Waals surface area (Å²) in [6.07, 6.45) is 1.67. The number of rotatable bonds is 6. The lowest BCUT2D eigenvalue weighted by molar-refractivity contribution is 0.238. The molecule has 0 bridgehead atoms. The van der Waals surface area contributed by atoms with Gasteiger partial charge in [0.05, 0.1) is 0 Å². The van der Waals surface area contributed by atoms with Gasteiger partial charge >= 0.3 is 6.03 Å². The Morgan fingerprint density at radius 1 is 1.33 bits per heavy atom. The van der Waals surface area contributed by atoms with Crippen LogP contribution in [0.1, 0.15) is 25.3 Å². The lowest BCUT2D eigenvalue weighted by Gasteiger charge is -2.14. The SMILES string of the molecule is CCC(CCO)CNC(=O)Nc1ccc(C)cc1. The second-order valence-corrected chi connectivity index (χ2v) is 4.49. The summed E-state index contributed by atoms with van der Waals surface area (Å²) in [4.78, 5) is 11.6. The van der Waals surface area contributed by atoms with Crippen molar-refractivity contribution in [2.75, 3.05) is 18.5 Å². The first-order valence-corrected chi connectivity index (χ1v) is 6.38. The fourth-order valence-electron chi connectivity index (χ4n) is 1.68. The number of amides is 2. The summed E-state index contributed by atoms with van der Waals surface area (Å²) in [5.74, 6) is 0.332. The van der Waals surface area contributed by atoms with Crippen LogP contribution in [0.2, 0.25) is 0 Å². The Morgan fingerprint density at radius 2 is 2.00 bits per heavy atom. The lowest BCUT2D eigenvalue weighted by Crippen LogP contribution is -2.33. The average molecular weight is 250 g/mol. The predicted octanol–water partition coefficient (Wildman–Crippen LogP) is 2.53. The molecule has 0 heterocycles. The van der Waals surface area contributed by atoms with Crippen molar-refractivity contribution < 1.29 is 9.90 Å². The molecular formula is C14H22N2O2. The monoisotopic (exact) mass is 250 g/mol. The van der Waals surface area contributed by atoms with Crippen molar-refractivity contribution in [1.29, 1.82) is 0 Å². The van der Waals surface area contributed by atoms with E-state index < -0.39 is 0 Å². The minimum Gasteiger partial charge on any atom is -0.396 e. The molecule has 0 fully saturated rings. The Balaban J connectivity index is 2.35. The topological polar surface area (TPSA) is 61.4 Å². The molecule has 0 saturated carbocycles. The Hall–Kier alpha value is -1.55. The molecule has 1 aromatic carbocycles. The largest absolute Gasteiger partial charge is 0.396 e. The number of benzene rings is 1. The molecule has 100 valence electrons. The van der Waals surface area contributed by atoms with Gasteiger partial charge in [0.2, 0.25) is 0 Å². The molecule has 1 aromatic rings. The second-order valence-electron chi connectivity index (χ2n) is 4.49. The van der Waals surface area contributed by atoms with Crippen LogP contribution in [0.15, 0.2) is 24.3 Å². The molecule has 18 heavy (non-hydrogen) atoms. The maximum Gasteiger partial charge on any atom is 0.319 e. The normalized spacial score (nSPS) is 11.9. The number of carbonyl (C=O) groups excluding carboxylic acids is 1. The van der Waals surface area contributed by atoms with Crippen molar-refractivity contribution >= 4 is 11.7 Å². The first kappa shape index (κ1) is 14.5. The number of hydrogen-bond donors (Lipinski definition) is 3. The van der Waals surface area contributed by atoms with Crippen LogP contribution < -0.4 is 10.6 Å². The van der Waals surface area contributed by atoms with E-state index in [1.54, 1.807) is 0 Å². The molecule has 4 nitrogen and oxygen atoms in total. The van der Waals surface area contributed by atoms with E-state index in [1.165, 1.54) is 0 Å². The number of urea groups is 1. The molecule has 0 aliphatic carbocycles. The van der Waals surface area contributed by atoms with Crippen molar-refractivity contribution in [2.45, 2.75) is 26.7 Å². The molecule has 4 heteroatoms. The smallest absolute Gasteiger partial charge is 0.319 e. The molecule has 0 spiro atoms. The van der Waals surface area contributed by atoms with Gasteiger partial charge in [-0.3, -0.25) is 0 Å². The van der Waals surface area contributed by atoms with Gasteiger partial charge in [0, 0.05) is 18.8 Å². The standard InChI is InChI=1S/C14H22N2O2/c1-3-12(8-9-17)10-15-14(18)16-13-6-4-11(2)5-7-13/h4-7,12,17H,3,8-10H2,1-2H3,(H2,15,16,18). The summed E-state index contributed by atoms with van der Waals surface area (Å²) in [5, 5.41) is 14.5. The van der Waals surface area contributed by atoms with Gasteiger partial charge in [-0.25, -0.2) is 4.79 Å². The van der Waals surface area contributed by atoms with Crippen molar-refractivity contribution in [3.8, 4) is 0 Å². The van der Waals surface area contributed by atoms with E-state index in [-0.39, 0.29) is 12.6 Å². The molecule has 0 aliphatic heterocycles. The summed E-state index contributed by atoms with van der Waals surface area (Å²) in [7, 11) is 0. The fraction of sp³-hybridized carbons (Fsp3) is 0.500. The van der Waals surface area contributed by atoms with E-state index in [1.807, 2.05) is 31.2 Å². The van der Waals surface area contributed by atoms with Crippen LogP contribution in [0.4, 0.5) is 10.5 Å². The van der Waals surface area contributed by atoms with E-state index >= 15 is 0 Å². The lowest BCUT2D eigenvalue weighted by atomic mass is 10.0. The zero-order chi connectivity index (χ0) is 13.4. The highest BCUT2D eigenvalue weighted by atomic mass is 16.3. The Bertz CT molecular complexity index is 363. The first-order valence-electron chi connectivity index (χ1n) is 6.38. The van der Waals surface area contributed by atoms with Gasteiger partial charge in [0.15, 0.2) is 0 Å². The zero-order valence-corrected chi connectivity index (χ0v) is 11.1. The number of aliphatic hydroxyl groups excluding tert-OH is 1. The average Bonchev–Trinajstić information content (AvgIpc) is 2.37. The fourth-order valence-corrected chi connectivity index (χ4v) is 1.68. The molecule has 0 saturated heterocycles. The first-order chi connectivity index (χ1) is 8.65. The van der Waals surface area contributed by atoms with Crippen molar-refractivity contribution in [1.82, 2.24) is 5.32 Å². The van der Waals surface area contributed by atoms with Crippen LogP contribution in [0, 0.1) is 12.8 Å². The van der Waals surface area contributed by atoms with Gasteiger partial charge in [-0.2, -0.15) is 0 Å². The highest BCUT2D eigenvalue weighted by Crippen LogP contribution is 2.09. The molecular weight excluding hydrogens is 228 g/mol. The highest BCUT2D eigenvalue weighted by molar-refractivity contribution is 5.89. The number of aliphatic hydroxyl groups is 1. The third-order valence-electron chi connectivity index (χ3n) is 2.98. The molecule has 0 aromatic heterocycles. The summed E-state index contributed by atoms with van der Waals surface area (Å²) in [5.41, 5.74) is 1.95. The molecule has 0 radical (unpaired) electrons. The number of hydrogen-bond acceptors (Lipinski definition) is 2. The number of aryl methyl sites for hydroxylation is 1.